The summed E-state index contributed by atoms with van der Waals surface area (Å²) in [5.74, 6) is 1.16. The minimum atomic E-state index is -0.320. The molecule has 0 spiro atoms. The van der Waals surface area contributed by atoms with E-state index in [1.54, 1.807) is 11.7 Å². The summed E-state index contributed by atoms with van der Waals surface area (Å²) in [5.41, 5.74) is 0.979. The summed E-state index contributed by atoms with van der Waals surface area (Å²) in [6.07, 6.45) is 2.39. The third kappa shape index (κ3) is 2.51. The van der Waals surface area contributed by atoms with Crippen LogP contribution in [-0.4, -0.2) is 21.2 Å². The van der Waals surface area contributed by atoms with Crippen LogP contribution in [0.5, 0.6) is 0 Å². The van der Waals surface area contributed by atoms with Crippen LogP contribution in [0.25, 0.3) is 0 Å². The van der Waals surface area contributed by atoms with Gasteiger partial charge in [0.05, 0.1) is 4.92 Å². The average molecular weight is 280 g/mol. The SMILES string of the molecule is CC(C)c1nn(C)c(NCC2(C(C)C)CC2)c1[N+](=O)[O-]. The summed E-state index contributed by atoms with van der Waals surface area (Å²) in [7, 11) is 1.76. The molecule has 1 aliphatic carbocycles. The molecule has 20 heavy (non-hydrogen) atoms. The first-order chi connectivity index (χ1) is 9.28. The Morgan fingerprint density at radius 1 is 1.40 bits per heavy atom. The summed E-state index contributed by atoms with van der Waals surface area (Å²) in [6, 6.07) is 0. The maximum atomic E-state index is 11.3. The number of nitro groups is 1. The van der Waals surface area contributed by atoms with E-state index in [0.29, 0.717) is 22.8 Å². The third-order valence-corrected chi connectivity index (χ3v) is 4.50. The Bertz CT molecular complexity index is 515. The number of aromatic nitrogens is 2. The molecule has 0 bridgehead atoms. The third-order valence-electron chi connectivity index (χ3n) is 4.50. The minimum absolute atomic E-state index is 0.0390. The van der Waals surface area contributed by atoms with E-state index in [2.05, 4.69) is 24.3 Å². The summed E-state index contributed by atoms with van der Waals surface area (Å²) in [4.78, 5) is 11.0. The zero-order valence-corrected chi connectivity index (χ0v) is 12.9. The molecule has 1 aliphatic rings. The number of hydrogen-bond acceptors (Lipinski definition) is 4. The van der Waals surface area contributed by atoms with Gasteiger partial charge in [0.25, 0.3) is 0 Å². The normalized spacial score (nSPS) is 16.8. The van der Waals surface area contributed by atoms with Crippen molar-refractivity contribution in [2.45, 2.75) is 46.5 Å². The highest BCUT2D eigenvalue weighted by Crippen LogP contribution is 2.52. The van der Waals surface area contributed by atoms with Crippen molar-refractivity contribution in [1.29, 1.82) is 0 Å². The lowest BCUT2D eigenvalue weighted by atomic mass is 9.92. The van der Waals surface area contributed by atoms with Gasteiger partial charge in [-0.2, -0.15) is 5.10 Å². The second-order valence-corrected chi connectivity index (χ2v) is 6.49. The summed E-state index contributed by atoms with van der Waals surface area (Å²) < 4.78 is 1.60. The van der Waals surface area contributed by atoms with E-state index < -0.39 is 0 Å². The van der Waals surface area contributed by atoms with E-state index in [1.807, 2.05) is 13.8 Å². The lowest BCUT2D eigenvalue weighted by Gasteiger charge is -2.20. The Hall–Kier alpha value is -1.59. The van der Waals surface area contributed by atoms with Crippen LogP contribution in [0.1, 0.15) is 52.1 Å². The van der Waals surface area contributed by atoms with Gasteiger partial charge >= 0.3 is 5.69 Å². The fraction of sp³-hybridized carbons (Fsp3) is 0.786. The smallest absolute Gasteiger partial charge is 0.334 e. The maximum Gasteiger partial charge on any atom is 0.334 e. The molecule has 1 N–H and O–H groups in total. The molecule has 0 aliphatic heterocycles. The van der Waals surface area contributed by atoms with Gasteiger partial charge in [0.15, 0.2) is 0 Å². The van der Waals surface area contributed by atoms with Crippen molar-refractivity contribution < 1.29 is 4.92 Å². The van der Waals surface area contributed by atoms with Gasteiger partial charge in [-0.25, -0.2) is 4.68 Å². The molecule has 1 aromatic rings. The van der Waals surface area contributed by atoms with E-state index >= 15 is 0 Å². The van der Waals surface area contributed by atoms with Crippen LogP contribution in [0.2, 0.25) is 0 Å². The largest absolute Gasteiger partial charge is 0.364 e. The molecule has 1 aromatic heterocycles. The fourth-order valence-electron chi connectivity index (χ4n) is 2.68. The predicted octanol–water partition coefficient (Wildman–Crippen LogP) is 3.30. The van der Waals surface area contributed by atoms with Crippen LogP contribution in [0.4, 0.5) is 11.5 Å². The first kappa shape index (κ1) is 14.8. The van der Waals surface area contributed by atoms with Crippen molar-refractivity contribution in [3.8, 4) is 0 Å². The zero-order valence-electron chi connectivity index (χ0n) is 12.9. The Labute approximate surface area is 119 Å². The van der Waals surface area contributed by atoms with E-state index in [-0.39, 0.29) is 16.5 Å². The molecule has 0 atom stereocenters. The van der Waals surface area contributed by atoms with Crippen molar-refractivity contribution in [3.63, 3.8) is 0 Å². The average Bonchev–Trinajstić information content (AvgIpc) is 3.05. The molecule has 1 fully saturated rings. The van der Waals surface area contributed by atoms with Crippen molar-refractivity contribution in [2.75, 3.05) is 11.9 Å². The molecule has 1 heterocycles. The quantitative estimate of drug-likeness (QED) is 0.641. The highest BCUT2D eigenvalue weighted by atomic mass is 16.6. The molecule has 0 aromatic carbocycles. The van der Waals surface area contributed by atoms with Gasteiger partial charge in [-0.3, -0.25) is 10.1 Å². The molecule has 0 saturated heterocycles. The van der Waals surface area contributed by atoms with Crippen LogP contribution in [0.15, 0.2) is 0 Å². The molecule has 1 saturated carbocycles. The standard InChI is InChI=1S/C14H24N4O2/c1-9(2)11-12(18(19)20)13(17(5)16-11)15-8-14(6-7-14)10(3)4/h9-10,15H,6-8H2,1-5H3. The molecular weight excluding hydrogens is 256 g/mol. The topological polar surface area (TPSA) is 73.0 Å². The Morgan fingerprint density at radius 3 is 2.40 bits per heavy atom. The predicted molar refractivity (Wildman–Crippen MR) is 78.9 cm³/mol. The van der Waals surface area contributed by atoms with Crippen LogP contribution < -0.4 is 5.32 Å². The fourth-order valence-corrected chi connectivity index (χ4v) is 2.68. The highest BCUT2D eigenvalue weighted by Gasteiger charge is 2.45. The monoisotopic (exact) mass is 280 g/mol. The Kier molecular flexibility index (Phi) is 3.75. The van der Waals surface area contributed by atoms with E-state index in [4.69, 9.17) is 0 Å². The zero-order chi connectivity index (χ0) is 15.1. The molecule has 6 heteroatoms. The van der Waals surface area contributed by atoms with Gasteiger partial charge in [0.2, 0.25) is 5.82 Å². The number of nitrogens with one attached hydrogen (secondary N) is 1. The second kappa shape index (κ2) is 5.07. The van der Waals surface area contributed by atoms with Gasteiger partial charge in [-0.05, 0) is 24.2 Å². The molecule has 6 nitrogen and oxygen atoms in total. The summed E-state index contributed by atoms with van der Waals surface area (Å²) >= 11 is 0. The van der Waals surface area contributed by atoms with E-state index in [0.717, 1.165) is 6.54 Å². The molecule has 0 unspecified atom stereocenters. The number of anilines is 1. The second-order valence-electron chi connectivity index (χ2n) is 6.49. The van der Waals surface area contributed by atoms with Crippen molar-refractivity contribution >= 4 is 11.5 Å². The maximum absolute atomic E-state index is 11.3. The van der Waals surface area contributed by atoms with Gasteiger partial charge in [-0.1, -0.05) is 27.7 Å². The molecular formula is C14H24N4O2. The molecule has 2 rings (SSSR count). The van der Waals surface area contributed by atoms with Crippen molar-refractivity contribution in [2.24, 2.45) is 18.4 Å². The van der Waals surface area contributed by atoms with Crippen LogP contribution in [-0.2, 0) is 7.05 Å². The van der Waals surface area contributed by atoms with Crippen LogP contribution in [0, 0.1) is 21.4 Å². The molecule has 0 amide bonds. The minimum Gasteiger partial charge on any atom is -0.364 e. The number of aryl methyl sites for hydroxylation is 1. The number of rotatable bonds is 6. The van der Waals surface area contributed by atoms with Gasteiger partial charge in [0.1, 0.15) is 5.69 Å². The number of nitrogens with zero attached hydrogens (tertiary/aromatic N) is 3. The highest BCUT2D eigenvalue weighted by molar-refractivity contribution is 5.60. The summed E-state index contributed by atoms with van der Waals surface area (Å²) in [6.45, 7) is 9.06. The van der Waals surface area contributed by atoms with Crippen molar-refractivity contribution in [1.82, 2.24) is 9.78 Å². The first-order valence-corrected chi connectivity index (χ1v) is 7.23. The Balaban J connectivity index is 2.25. The van der Waals surface area contributed by atoms with Crippen LogP contribution >= 0.6 is 0 Å². The van der Waals surface area contributed by atoms with Gasteiger partial charge in [0, 0.05) is 19.5 Å². The summed E-state index contributed by atoms with van der Waals surface area (Å²) in [5, 5.41) is 18.9. The molecule has 112 valence electrons. The number of hydrogen-bond donors (Lipinski definition) is 1. The first-order valence-electron chi connectivity index (χ1n) is 7.23. The molecule has 0 radical (unpaired) electrons. The van der Waals surface area contributed by atoms with Gasteiger partial charge < -0.3 is 5.32 Å². The van der Waals surface area contributed by atoms with Crippen molar-refractivity contribution in [3.05, 3.63) is 15.8 Å². The van der Waals surface area contributed by atoms with E-state index in [9.17, 15) is 10.1 Å². The Morgan fingerprint density at radius 2 is 2.00 bits per heavy atom. The lowest BCUT2D eigenvalue weighted by Crippen LogP contribution is -2.22. The van der Waals surface area contributed by atoms with Gasteiger partial charge in [-0.15, -0.1) is 0 Å². The van der Waals surface area contributed by atoms with Crippen LogP contribution in [0.3, 0.4) is 0 Å². The lowest BCUT2D eigenvalue weighted by molar-refractivity contribution is -0.384. The van der Waals surface area contributed by atoms with E-state index in [1.165, 1.54) is 12.8 Å².